The fraction of sp³-hybridized carbons (Fsp3) is 1.00. The van der Waals surface area contributed by atoms with Gasteiger partial charge in [0.25, 0.3) is 0 Å². The number of rotatable bonds is 4. The Morgan fingerprint density at radius 3 is 2.00 bits per heavy atom. The minimum atomic E-state index is -1.71. The van der Waals surface area contributed by atoms with Gasteiger partial charge in [-0.1, -0.05) is 0 Å². The van der Waals surface area contributed by atoms with Gasteiger partial charge in [0, 0.05) is 0 Å². The second-order valence-corrected chi connectivity index (χ2v) is 6.87. The van der Waals surface area contributed by atoms with E-state index < -0.39 is 72.9 Å². The molecule has 11 heteroatoms. The lowest BCUT2D eigenvalue weighted by molar-refractivity contribution is -0.300. The smallest absolute Gasteiger partial charge is 0.184 e. The lowest BCUT2D eigenvalue weighted by Crippen LogP contribution is -2.62. The van der Waals surface area contributed by atoms with E-state index >= 15 is 0 Å². The number of thioether (sulfide) groups is 1. The third-order valence-corrected chi connectivity index (χ3v) is 5.42. The molecule has 2 aliphatic rings. The summed E-state index contributed by atoms with van der Waals surface area (Å²) < 4.78 is 10.2. The van der Waals surface area contributed by atoms with E-state index in [0.29, 0.717) is 0 Å². The maximum absolute atomic E-state index is 10.0. The van der Waals surface area contributed by atoms with Crippen molar-refractivity contribution in [2.45, 2.75) is 59.7 Å². The van der Waals surface area contributed by atoms with E-state index in [9.17, 15) is 35.7 Å². The van der Waals surface area contributed by atoms with Gasteiger partial charge >= 0.3 is 0 Å². The van der Waals surface area contributed by atoms with Crippen LogP contribution in [0.3, 0.4) is 0 Å². The van der Waals surface area contributed by atoms with Crippen LogP contribution >= 0.6 is 11.8 Å². The zero-order valence-electron chi connectivity index (χ0n) is 12.0. The van der Waals surface area contributed by atoms with Crippen molar-refractivity contribution in [2.75, 3.05) is 13.2 Å². The molecule has 2 rings (SSSR count). The first-order valence-electron chi connectivity index (χ1n) is 7.08. The van der Waals surface area contributed by atoms with Gasteiger partial charge in [-0.2, -0.15) is 0 Å². The second-order valence-electron chi connectivity index (χ2n) is 5.53. The summed E-state index contributed by atoms with van der Waals surface area (Å²) in [4.78, 5) is 0. The Hall–Kier alpha value is -0.0500. The minimum absolute atomic E-state index is 0.490. The summed E-state index contributed by atoms with van der Waals surface area (Å²) >= 11 is 0.820. The highest BCUT2D eigenvalue weighted by atomic mass is 32.2. The summed E-state index contributed by atoms with van der Waals surface area (Å²) in [5, 5.41) is 76.4. The van der Waals surface area contributed by atoms with Crippen LogP contribution in [0, 0.1) is 0 Å². The molecular weight excluding hydrogens is 336 g/mol. The molecule has 0 spiro atoms. The number of aliphatic hydroxyl groups excluding tert-OH is 8. The number of ether oxygens (including phenoxy) is 2. The van der Waals surface area contributed by atoms with Crippen molar-refractivity contribution in [3.8, 4) is 0 Å². The van der Waals surface area contributed by atoms with Crippen LogP contribution in [0.5, 0.6) is 0 Å². The molecule has 0 aromatic heterocycles. The maximum Gasteiger partial charge on any atom is 0.184 e. The largest absolute Gasteiger partial charge is 0.395 e. The monoisotopic (exact) mass is 358 g/mol. The summed E-state index contributed by atoms with van der Waals surface area (Å²) in [7, 11) is 0. The molecule has 0 radical (unpaired) electrons. The van der Waals surface area contributed by atoms with E-state index in [4.69, 9.17) is 14.6 Å². The van der Waals surface area contributed by atoms with Crippen molar-refractivity contribution in [3.63, 3.8) is 0 Å². The standard InChI is InChI=1S/C12H22O10S/c13-1-3-5(15)10(9(19)11(20)21-3)22-12-8(18)7(17)6(16)4(2-14)23-12/h3-20H,1-2H2/t3-,4-,5-,6?,7+,8+,9+,10-,11+,12+/m1/s1. The van der Waals surface area contributed by atoms with E-state index in [1.54, 1.807) is 0 Å². The molecular formula is C12H22O10S. The lowest BCUT2D eigenvalue weighted by Gasteiger charge is -2.45. The topological polar surface area (TPSA) is 180 Å². The van der Waals surface area contributed by atoms with Crippen molar-refractivity contribution in [1.29, 1.82) is 0 Å². The minimum Gasteiger partial charge on any atom is -0.395 e. The first-order valence-corrected chi connectivity index (χ1v) is 8.02. The van der Waals surface area contributed by atoms with Crippen LogP contribution in [0.15, 0.2) is 0 Å². The average molecular weight is 358 g/mol. The Morgan fingerprint density at radius 1 is 0.783 bits per heavy atom. The van der Waals surface area contributed by atoms with Crippen LogP contribution in [0.25, 0.3) is 0 Å². The van der Waals surface area contributed by atoms with Crippen molar-refractivity contribution in [2.24, 2.45) is 0 Å². The molecule has 10 nitrogen and oxygen atoms in total. The first kappa shape index (κ1) is 19.3. The van der Waals surface area contributed by atoms with Gasteiger partial charge in [0.05, 0.1) is 24.6 Å². The van der Waals surface area contributed by atoms with Gasteiger partial charge in [0.2, 0.25) is 0 Å². The zero-order valence-corrected chi connectivity index (χ0v) is 12.8. The third-order valence-electron chi connectivity index (χ3n) is 3.98. The molecule has 2 fully saturated rings. The molecule has 0 aromatic carbocycles. The lowest BCUT2D eigenvalue weighted by atomic mass is 9.98. The molecule has 2 aliphatic heterocycles. The average Bonchev–Trinajstić information content (AvgIpc) is 2.54. The SMILES string of the molecule is OC[C@H]1S[C@H](O[C@H]2[C@H](O)[C@@H](O)O[C@H](CO)[C@H]2O)[C@@H](O)[C@@H](O)C1O. The fourth-order valence-electron chi connectivity index (χ4n) is 2.56. The Kier molecular flexibility index (Phi) is 6.61. The summed E-state index contributed by atoms with van der Waals surface area (Å²) in [6.07, 6.45) is -12.0. The molecule has 0 amide bonds. The van der Waals surface area contributed by atoms with Crippen LogP contribution in [0.1, 0.15) is 0 Å². The van der Waals surface area contributed by atoms with Crippen LogP contribution in [0.2, 0.25) is 0 Å². The normalized spacial score (nSPS) is 51.7. The summed E-state index contributed by atoms with van der Waals surface area (Å²) in [6.45, 7) is -1.12. The molecule has 0 aromatic rings. The molecule has 2 heterocycles. The zero-order chi connectivity index (χ0) is 17.3. The quantitative estimate of drug-likeness (QED) is 0.242. The summed E-state index contributed by atoms with van der Waals surface area (Å²) in [5.74, 6) is 0. The second kappa shape index (κ2) is 7.89. The molecule has 2 saturated heterocycles. The van der Waals surface area contributed by atoms with Crippen molar-refractivity contribution in [3.05, 3.63) is 0 Å². The maximum atomic E-state index is 10.0. The molecule has 136 valence electrons. The first-order chi connectivity index (χ1) is 10.8. The van der Waals surface area contributed by atoms with Gasteiger partial charge in [-0.15, -0.1) is 11.8 Å². The van der Waals surface area contributed by atoms with Crippen LogP contribution in [-0.4, -0.2) is 114 Å². The number of hydrogen-bond acceptors (Lipinski definition) is 11. The highest BCUT2D eigenvalue weighted by molar-refractivity contribution is 8.00. The van der Waals surface area contributed by atoms with E-state index in [1.807, 2.05) is 0 Å². The Morgan fingerprint density at radius 2 is 1.43 bits per heavy atom. The molecule has 8 N–H and O–H groups in total. The van der Waals surface area contributed by atoms with E-state index in [2.05, 4.69) is 0 Å². The number of hydrogen-bond donors (Lipinski definition) is 8. The Balaban J connectivity index is 2.11. The van der Waals surface area contributed by atoms with Crippen molar-refractivity contribution < 1.29 is 50.3 Å². The van der Waals surface area contributed by atoms with Crippen molar-refractivity contribution >= 4 is 11.8 Å². The van der Waals surface area contributed by atoms with Crippen LogP contribution in [-0.2, 0) is 9.47 Å². The fourth-order valence-corrected chi connectivity index (χ4v) is 3.83. The molecule has 10 atom stereocenters. The van der Waals surface area contributed by atoms with Gasteiger partial charge < -0.3 is 50.3 Å². The highest BCUT2D eigenvalue weighted by Gasteiger charge is 2.49. The van der Waals surface area contributed by atoms with Gasteiger partial charge in [0.15, 0.2) is 6.29 Å². The predicted molar refractivity (Wildman–Crippen MR) is 75.1 cm³/mol. The van der Waals surface area contributed by atoms with E-state index in [0.717, 1.165) is 11.8 Å². The van der Waals surface area contributed by atoms with Crippen molar-refractivity contribution in [1.82, 2.24) is 0 Å². The van der Waals surface area contributed by atoms with E-state index in [-0.39, 0.29) is 0 Å². The third kappa shape index (κ3) is 3.80. The van der Waals surface area contributed by atoms with Gasteiger partial charge in [0.1, 0.15) is 42.1 Å². The molecule has 1 unspecified atom stereocenters. The summed E-state index contributed by atoms with van der Waals surface area (Å²) in [6, 6.07) is 0. The number of aliphatic hydroxyl groups is 8. The molecule has 0 bridgehead atoms. The van der Waals surface area contributed by atoms with Crippen LogP contribution in [0.4, 0.5) is 0 Å². The highest BCUT2D eigenvalue weighted by Crippen LogP contribution is 2.36. The predicted octanol–water partition coefficient (Wildman–Crippen LogP) is -4.68. The molecule has 0 aliphatic carbocycles. The molecule has 0 saturated carbocycles. The summed E-state index contributed by atoms with van der Waals surface area (Å²) in [5.41, 5.74) is -1.19. The van der Waals surface area contributed by atoms with Crippen LogP contribution < -0.4 is 0 Å². The van der Waals surface area contributed by atoms with Gasteiger partial charge in [-0.25, -0.2) is 0 Å². The van der Waals surface area contributed by atoms with Gasteiger partial charge in [-0.3, -0.25) is 0 Å². The van der Waals surface area contributed by atoms with Gasteiger partial charge in [-0.05, 0) is 0 Å². The molecule has 23 heavy (non-hydrogen) atoms. The Bertz CT molecular complexity index is 385. The van der Waals surface area contributed by atoms with E-state index in [1.165, 1.54) is 0 Å². The Labute approximate surface area is 135 Å².